The van der Waals surface area contributed by atoms with Gasteiger partial charge in [0.15, 0.2) is 11.4 Å². The van der Waals surface area contributed by atoms with Crippen LogP contribution in [0, 0.1) is 11.3 Å². The molecule has 2 heterocycles. The molecule has 1 aliphatic heterocycles. The van der Waals surface area contributed by atoms with Crippen LogP contribution >= 0.6 is 0 Å². The SMILES string of the molecule is N#Cc1c(OCCO)nc(CCO)nc1N1CCc2ccccc2CC1. The number of rotatable bonds is 6. The largest absolute Gasteiger partial charge is 0.474 e. The van der Waals surface area contributed by atoms with Gasteiger partial charge in [0.25, 0.3) is 0 Å². The number of hydrogen-bond donors (Lipinski definition) is 2. The van der Waals surface area contributed by atoms with Crippen LogP contribution in [0.5, 0.6) is 5.88 Å². The number of aliphatic hydroxyl groups is 2. The molecule has 0 fully saturated rings. The maximum atomic E-state index is 9.65. The van der Waals surface area contributed by atoms with Gasteiger partial charge in [0.05, 0.1) is 13.2 Å². The molecule has 7 nitrogen and oxygen atoms in total. The van der Waals surface area contributed by atoms with Gasteiger partial charge in [-0.05, 0) is 24.0 Å². The van der Waals surface area contributed by atoms with Crippen molar-refractivity contribution in [3.8, 4) is 11.9 Å². The zero-order valence-corrected chi connectivity index (χ0v) is 14.6. The standard InChI is InChI=1S/C19H22N4O3/c20-13-16-18(21-17(7-10-24)22-19(16)26-12-11-25)23-8-5-14-3-1-2-4-15(14)6-9-23/h1-4,24-25H,5-12H2. The molecule has 0 amide bonds. The molecule has 0 bridgehead atoms. The zero-order chi connectivity index (χ0) is 18.4. The third-order valence-corrected chi connectivity index (χ3v) is 4.40. The van der Waals surface area contributed by atoms with E-state index in [0.717, 1.165) is 25.9 Å². The molecular formula is C19H22N4O3. The first-order valence-corrected chi connectivity index (χ1v) is 8.74. The number of nitrogens with zero attached hydrogens (tertiary/aromatic N) is 4. The van der Waals surface area contributed by atoms with E-state index in [1.807, 2.05) is 12.1 Å². The van der Waals surface area contributed by atoms with E-state index in [1.54, 1.807) is 0 Å². The van der Waals surface area contributed by atoms with Gasteiger partial charge in [-0.3, -0.25) is 0 Å². The van der Waals surface area contributed by atoms with Crippen molar-refractivity contribution in [3.05, 3.63) is 46.8 Å². The maximum Gasteiger partial charge on any atom is 0.237 e. The van der Waals surface area contributed by atoms with Gasteiger partial charge in [0, 0.05) is 19.5 Å². The molecule has 0 unspecified atom stereocenters. The van der Waals surface area contributed by atoms with Crippen molar-refractivity contribution in [3.63, 3.8) is 0 Å². The molecule has 1 aliphatic rings. The van der Waals surface area contributed by atoms with Crippen LogP contribution in [0.15, 0.2) is 24.3 Å². The zero-order valence-electron chi connectivity index (χ0n) is 14.6. The van der Waals surface area contributed by atoms with E-state index in [4.69, 9.17) is 9.84 Å². The summed E-state index contributed by atoms with van der Waals surface area (Å²) in [5.41, 5.74) is 2.90. The van der Waals surface area contributed by atoms with Crippen LogP contribution in [-0.4, -0.2) is 53.1 Å². The average Bonchev–Trinajstić information content (AvgIpc) is 2.89. The minimum Gasteiger partial charge on any atom is -0.474 e. The number of benzene rings is 1. The number of nitriles is 1. The lowest BCUT2D eigenvalue weighted by Gasteiger charge is -2.23. The minimum absolute atomic E-state index is 0.0507. The van der Waals surface area contributed by atoms with Crippen LogP contribution in [-0.2, 0) is 19.3 Å². The fourth-order valence-electron chi connectivity index (χ4n) is 3.14. The highest BCUT2D eigenvalue weighted by molar-refractivity contribution is 5.59. The first-order valence-electron chi connectivity index (χ1n) is 8.74. The highest BCUT2D eigenvalue weighted by atomic mass is 16.5. The van der Waals surface area contributed by atoms with E-state index in [9.17, 15) is 10.4 Å². The van der Waals surface area contributed by atoms with Gasteiger partial charge in [0.1, 0.15) is 18.5 Å². The Labute approximate surface area is 152 Å². The molecule has 0 spiro atoms. The molecule has 0 atom stereocenters. The van der Waals surface area contributed by atoms with E-state index in [1.165, 1.54) is 11.1 Å². The van der Waals surface area contributed by atoms with Crippen molar-refractivity contribution in [2.75, 3.05) is 37.8 Å². The van der Waals surface area contributed by atoms with Crippen molar-refractivity contribution in [1.82, 2.24) is 9.97 Å². The Morgan fingerprint density at radius 3 is 2.35 bits per heavy atom. The molecule has 0 aliphatic carbocycles. The Balaban J connectivity index is 1.95. The van der Waals surface area contributed by atoms with Gasteiger partial charge in [-0.25, -0.2) is 4.98 Å². The smallest absolute Gasteiger partial charge is 0.237 e. The molecule has 26 heavy (non-hydrogen) atoms. The fraction of sp³-hybridized carbons (Fsp3) is 0.421. The van der Waals surface area contributed by atoms with E-state index < -0.39 is 0 Å². The van der Waals surface area contributed by atoms with Gasteiger partial charge >= 0.3 is 0 Å². The van der Waals surface area contributed by atoms with Crippen LogP contribution in [0.1, 0.15) is 22.5 Å². The van der Waals surface area contributed by atoms with E-state index in [-0.39, 0.29) is 37.7 Å². The molecule has 2 N–H and O–H groups in total. The first-order chi connectivity index (χ1) is 12.8. The molecular weight excluding hydrogens is 332 g/mol. The van der Waals surface area contributed by atoms with Crippen molar-refractivity contribution in [2.24, 2.45) is 0 Å². The topological polar surface area (TPSA) is 102 Å². The molecule has 1 aromatic heterocycles. The molecule has 2 aromatic rings. The van der Waals surface area contributed by atoms with E-state index >= 15 is 0 Å². The summed E-state index contributed by atoms with van der Waals surface area (Å²) in [6.07, 6.45) is 2.02. The summed E-state index contributed by atoms with van der Waals surface area (Å²) in [4.78, 5) is 10.8. The number of anilines is 1. The predicted octanol–water partition coefficient (Wildman–Crippen LogP) is 0.859. The van der Waals surface area contributed by atoms with Gasteiger partial charge in [0.2, 0.25) is 5.88 Å². The molecule has 0 saturated heterocycles. The lowest BCUT2D eigenvalue weighted by atomic mass is 10.0. The third-order valence-electron chi connectivity index (χ3n) is 4.40. The molecule has 1 aromatic carbocycles. The van der Waals surface area contributed by atoms with Crippen LogP contribution in [0.3, 0.4) is 0 Å². The van der Waals surface area contributed by atoms with Crippen molar-refractivity contribution in [2.45, 2.75) is 19.3 Å². The molecule has 7 heteroatoms. The van der Waals surface area contributed by atoms with Crippen molar-refractivity contribution < 1.29 is 14.9 Å². The summed E-state index contributed by atoms with van der Waals surface area (Å²) in [6.45, 7) is 1.27. The van der Waals surface area contributed by atoms with Crippen LogP contribution in [0.4, 0.5) is 5.82 Å². The van der Waals surface area contributed by atoms with Crippen molar-refractivity contribution >= 4 is 5.82 Å². The average molecular weight is 354 g/mol. The van der Waals surface area contributed by atoms with Crippen LogP contribution < -0.4 is 9.64 Å². The van der Waals surface area contributed by atoms with E-state index in [0.29, 0.717) is 11.6 Å². The summed E-state index contributed by atoms with van der Waals surface area (Å²) >= 11 is 0. The lowest BCUT2D eigenvalue weighted by molar-refractivity contribution is 0.195. The Morgan fingerprint density at radius 2 is 1.77 bits per heavy atom. The molecule has 0 radical (unpaired) electrons. The Bertz CT molecular complexity index is 777. The number of aromatic nitrogens is 2. The second kappa shape index (κ2) is 8.61. The second-order valence-electron chi connectivity index (χ2n) is 6.06. The summed E-state index contributed by atoms with van der Waals surface area (Å²) in [6, 6.07) is 10.5. The number of ether oxygens (including phenoxy) is 1. The molecule has 136 valence electrons. The number of hydrogen-bond acceptors (Lipinski definition) is 7. The van der Waals surface area contributed by atoms with Gasteiger partial charge < -0.3 is 19.8 Å². The van der Waals surface area contributed by atoms with Crippen molar-refractivity contribution in [1.29, 1.82) is 5.26 Å². The number of aliphatic hydroxyl groups excluding tert-OH is 2. The highest BCUT2D eigenvalue weighted by Crippen LogP contribution is 2.28. The van der Waals surface area contributed by atoms with Gasteiger partial charge in [-0.2, -0.15) is 10.2 Å². The summed E-state index contributed by atoms with van der Waals surface area (Å²) < 4.78 is 5.46. The monoisotopic (exact) mass is 354 g/mol. The normalized spacial score (nSPS) is 13.7. The Kier molecular flexibility index (Phi) is 6.00. The fourth-order valence-corrected chi connectivity index (χ4v) is 3.14. The van der Waals surface area contributed by atoms with Crippen LogP contribution in [0.2, 0.25) is 0 Å². The predicted molar refractivity (Wildman–Crippen MR) is 96.2 cm³/mol. The first kappa shape index (κ1) is 18.1. The van der Waals surface area contributed by atoms with Gasteiger partial charge in [-0.15, -0.1) is 0 Å². The van der Waals surface area contributed by atoms with Crippen LogP contribution in [0.25, 0.3) is 0 Å². The summed E-state index contributed by atoms with van der Waals surface area (Å²) in [5, 5.41) is 27.9. The maximum absolute atomic E-state index is 9.65. The number of fused-ring (bicyclic) bond motifs is 1. The summed E-state index contributed by atoms with van der Waals surface area (Å²) in [5.74, 6) is 1.12. The second-order valence-corrected chi connectivity index (χ2v) is 6.06. The Hall–Kier alpha value is -2.69. The Morgan fingerprint density at radius 1 is 1.08 bits per heavy atom. The van der Waals surface area contributed by atoms with Gasteiger partial charge in [-0.1, -0.05) is 24.3 Å². The third kappa shape index (κ3) is 3.93. The molecule has 3 rings (SSSR count). The molecule has 0 saturated carbocycles. The quantitative estimate of drug-likeness (QED) is 0.793. The minimum atomic E-state index is -0.168. The summed E-state index contributed by atoms with van der Waals surface area (Å²) in [7, 11) is 0. The van der Waals surface area contributed by atoms with E-state index in [2.05, 4.69) is 33.1 Å². The lowest BCUT2D eigenvalue weighted by Crippen LogP contribution is -2.29. The highest BCUT2D eigenvalue weighted by Gasteiger charge is 2.22.